The third kappa shape index (κ3) is 5.68. The second kappa shape index (κ2) is 10.4. The maximum Gasteiger partial charge on any atom is 0.305 e. The molecule has 0 aliphatic carbocycles. The third-order valence-corrected chi connectivity index (χ3v) is 5.96. The summed E-state index contributed by atoms with van der Waals surface area (Å²) in [6.45, 7) is 1.67. The van der Waals surface area contributed by atoms with Crippen LogP contribution in [0.15, 0.2) is 60.7 Å². The molecule has 1 fully saturated rings. The number of carbonyl (C=O) groups excluding carboxylic acids is 1. The Morgan fingerprint density at radius 3 is 2.39 bits per heavy atom. The quantitative estimate of drug-likeness (QED) is 0.524. The normalized spacial score (nSPS) is 14.5. The zero-order chi connectivity index (χ0) is 23.2. The Hall–Kier alpha value is -3.45. The Labute approximate surface area is 197 Å². The van der Waals surface area contributed by atoms with E-state index in [1.807, 2.05) is 30.3 Å². The second-order valence-corrected chi connectivity index (χ2v) is 8.40. The first-order valence-electron chi connectivity index (χ1n) is 11.0. The molecule has 33 heavy (non-hydrogen) atoms. The molecular formula is C25H25ClN4O3. The highest BCUT2D eigenvalue weighted by molar-refractivity contribution is 6.31. The first kappa shape index (κ1) is 22.7. The smallest absolute Gasteiger partial charge is 0.305 e. The molecule has 1 atom stereocenters. The Kier molecular flexibility index (Phi) is 7.19. The fraction of sp³-hybridized carbons (Fsp3) is 0.280. The summed E-state index contributed by atoms with van der Waals surface area (Å²) in [7, 11) is 0. The summed E-state index contributed by atoms with van der Waals surface area (Å²) in [5.74, 6) is -1.00. The Morgan fingerprint density at radius 1 is 1.00 bits per heavy atom. The van der Waals surface area contributed by atoms with E-state index in [4.69, 9.17) is 16.6 Å². The highest BCUT2D eigenvalue weighted by atomic mass is 35.5. The van der Waals surface area contributed by atoms with Gasteiger partial charge in [-0.25, -0.2) is 9.97 Å². The molecular weight excluding hydrogens is 440 g/mol. The van der Waals surface area contributed by atoms with Crippen LogP contribution in [0.3, 0.4) is 0 Å². The zero-order valence-corrected chi connectivity index (χ0v) is 18.8. The summed E-state index contributed by atoms with van der Waals surface area (Å²) in [5.41, 5.74) is 2.25. The van der Waals surface area contributed by atoms with Crippen molar-refractivity contribution in [1.82, 2.24) is 15.3 Å². The molecule has 0 saturated carbocycles. The van der Waals surface area contributed by atoms with Gasteiger partial charge in [-0.1, -0.05) is 60.1 Å². The number of halogens is 1. The van der Waals surface area contributed by atoms with Gasteiger partial charge >= 0.3 is 5.97 Å². The molecule has 1 aliphatic rings. The van der Waals surface area contributed by atoms with Crippen molar-refractivity contribution in [2.75, 3.05) is 18.0 Å². The second-order valence-electron chi connectivity index (χ2n) is 8.00. The van der Waals surface area contributed by atoms with E-state index in [2.05, 4.69) is 15.2 Å². The molecule has 1 unspecified atom stereocenters. The topological polar surface area (TPSA) is 95.4 Å². The van der Waals surface area contributed by atoms with E-state index in [1.165, 1.54) is 0 Å². The van der Waals surface area contributed by atoms with E-state index in [9.17, 15) is 14.7 Å². The summed E-state index contributed by atoms with van der Waals surface area (Å²) >= 11 is 6.29. The molecule has 7 nitrogen and oxygen atoms in total. The lowest BCUT2D eigenvalue weighted by atomic mass is 10.0. The van der Waals surface area contributed by atoms with Crippen LogP contribution in [-0.2, 0) is 4.79 Å². The van der Waals surface area contributed by atoms with Crippen LogP contribution in [-0.4, -0.2) is 40.0 Å². The SMILES string of the molecule is O=C(O)CC(NC(=O)c1cc(-c2ccccc2)nc(N2CCCCC2)n1)c1ccccc1Cl. The van der Waals surface area contributed by atoms with Gasteiger partial charge in [0.1, 0.15) is 5.69 Å². The van der Waals surface area contributed by atoms with E-state index in [0.29, 0.717) is 22.2 Å². The fourth-order valence-electron chi connectivity index (χ4n) is 3.95. The van der Waals surface area contributed by atoms with E-state index >= 15 is 0 Å². The molecule has 0 radical (unpaired) electrons. The number of carbonyl (C=O) groups is 2. The Balaban J connectivity index is 1.69. The van der Waals surface area contributed by atoms with Crippen LogP contribution in [0.25, 0.3) is 11.3 Å². The van der Waals surface area contributed by atoms with Gasteiger partial charge in [0.05, 0.1) is 18.2 Å². The van der Waals surface area contributed by atoms with Crippen molar-refractivity contribution in [3.8, 4) is 11.3 Å². The number of rotatable bonds is 7. The van der Waals surface area contributed by atoms with Crippen molar-refractivity contribution >= 4 is 29.4 Å². The molecule has 1 aromatic heterocycles. The van der Waals surface area contributed by atoms with Crippen molar-refractivity contribution in [2.45, 2.75) is 31.7 Å². The maximum atomic E-state index is 13.3. The van der Waals surface area contributed by atoms with E-state index in [0.717, 1.165) is 37.9 Å². The van der Waals surface area contributed by atoms with Crippen LogP contribution in [0.2, 0.25) is 5.02 Å². The molecule has 2 heterocycles. The van der Waals surface area contributed by atoms with E-state index in [1.54, 1.807) is 30.3 Å². The fourth-order valence-corrected chi connectivity index (χ4v) is 4.21. The first-order chi connectivity index (χ1) is 16.0. The number of hydrogen-bond acceptors (Lipinski definition) is 5. The van der Waals surface area contributed by atoms with E-state index < -0.39 is 17.9 Å². The van der Waals surface area contributed by atoms with Crippen molar-refractivity contribution in [2.24, 2.45) is 0 Å². The van der Waals surface area contributed by atoms with Gasteiger partial charge in [0, 0.05) is 23.7 Å². The number of aliphatic carboxylic acids is 1. The molecule has 170 valence electrons. The predicted molar refractivity (Wildman–Crippen MR) is 127 cm³/mol. The predicted octanol–water partition coefficient (Wildman–Crippen LogP) is 4.73. The minimum atomic E-state index is -1.04. The van der Waals surface area contributed by atoms with Crippen molar-refractivity contribution < 1.29 is 14.7 Å². The van der Waals surface area contributed by atoms with Gasteiger partial charge in [-0.15, -0.1) is 0 Å². The van der Waals surface area contributed by atoms with Gasteiger partial charge < -0.3 is 15.3 Å². The van der Waals surface area contributed by atoms with Crippen LogP contribution in [0.5, 0.6) is 0 Å². The third-order valence-electron chi connectivity index (χ3n) is 5.62. The number of carboxylic acids is 1. The first-order valence-corrected chi connectivity index (χ1v) is 11.4. The van der Waals surface area contributed by atoms with Crippen molar-refractivity contribution in [3.63, 3.8) is 0 Å². The average Bonchev–Trinajstić information content (AvgIpc) is 2.84. The monoisotopic (exact) mass is 464 g/mol. The zero-order valence-electron chi connectivity index (χ0n) is 18.1. The molecule has 0 bridgehead atoms. The van der Waals surface area contributed by atoms with Crippen molar-refractivity contribution in [1.29, 1.82) is 0 Å². The summed E-state index contributed by atoms with van der Waals surface area (Å²) in [4.78, 5) is 36.1. The number of nitrogens with zero attached hydrogens (tertiary/aromatic N) is 3. The molecule has 1 saturated heterocycles. The van der Waals surface area contributed by atoms with Crippen molar-refractivity contribution in [3.05, 3.63) is 76.9 Å². The molecule has 2 N–H and O–H groups in total. The number of hydrogen-bond donors (Lipinski definition) is 2. The molecule has 1 aliphatic heterocycles. The summed E-state index contributed by atoms with van der Waals surface area (Å²) in [6.07, 6.45) is 2.96. The van der Waals surface area contributed by atoms with Gasteiger partial charge in [-0.3, -0.25) is 9.59 Å². The molecule has 1 amide bonds. The highest BCUT2D eigenvalue weighted by Crippen LogP contribution is 2.27. The van der Waals surface area contributed by atoms with Gasteiger partial charge in [0.2, 0.25) is 5.95 Å². The minimum absolute atomic E-state index is 0.187. The number of piperidine rings is 1. The van der Waals surface area contributed by atoms with Gasteiger partial charge in [0.15, 0.2) is 0 Å². The van der Waals surface area contributed by atoms with E-state index in [-0.39, 0.29) is 12.1 Å². The van der Waals surface area contributed by atoms with Crippen LogP contribution in [0, 0.1) is 0 Å². The maximum absolute atomic E-state index is 13.3. The number of amides is 1. The average molecular weight is 465 g/mol. The number of carboxylic acid groups (broad SMARTS) is 1. The minimum Gasteiger partial charge on any atom is -0.481 e. The molecule has 2 aromatic carbocycles. The number of nitrogens with one attached hydrogen (secondary N) is 1. The molecule has 3 aromatic rings. The van der Waals surface area contributed by atoms with Gasteiger partial charge in [-0.2, -0.15) is 0 Å². The highest BCUT2D eigenvalue weighted by Gasteiger charge is 2.24. The lowest BCUT2D eigenvalue weighted by Gasteiger charge is -2.27. The lowest BCUT2D eigenvalue weighted by Crippen LogP contribution is -2.34. The number of benzene rings is 2. The standard InChI is InChI=1S/C25H25ClN4O3/c26-19-12-6-5-11-18(19)21(16-23(31)32)27-24(33)22-15-20(17-9-3-1-4-10-17)28-25(29-22)30-13-7-2-8-14-30/h1,3-6,9-12,15,21H,2,7-8,13-14,16H2,(H,27,33)(H,31,32). The lowest BCUT2D eigenvalue weighted by molar-refractivity contribution is -0.137. The Bertz CT molecular complexity index is 1130. The largest absolute Gasteiger partial charge is 0.481 e. The molecule has 0 spiro atoms. The number of anilines is 1. The van der Waals surface area contributed by atoms with Crippen LogP contribution in [0.4, 0.5) is 5.95 Å². The van der Waals surface area contributed by atoms with Crippen LogP contribution in [0.1, 0.15) is 47.8 Å². The van der Waals surface area contributed by atoms with Crippen LogP contribution < -0.4 is 10.2 Å². The van der Waals surface area contributed by atoms with Gasteiger partial charge in [-0.05, 0) is 37.0 Å². The summed E-state index contributed by atoms with van der Waals surface area (Å²) in [6, 6.07) is 17.4. The molecule has 8 heteroatoms. The summed E-state index contributed by atoms with van der Waals surface area (Å²) < 4.78 is 0. The van der Waals surface area contributed by atoms with Crippen LogP contribution >= 0.6 is 11.6 Å². The summed E-state index contributed by atoms with van der Waals surface area (Å²) in [5, 5.41) is 12.6. The molecule has 4 rings (SSSR count). The Morgan fingerprint density at radius 2 is 1.70 bits per heavy atom. The van der Waals surface area contributed by atoms with Gasteiger partial charge in [0.25, 0.3) is 5.91 Å². The number of aromatic nitrogens is 2.